The van der Waals surface area contributed by atoms with Gasteiger partial charge in [-0.1, -0.05) is 13.3 Å². The largest absolute Gasteiger partial charge is 0.408 e. The van der Waals surface area contributed by atoms with Crippen molar-refractivity contribution in [2.75, 3.05) is 19.6 Å². The van der Waals surface area contributed by atoms with E-state index in [2.05, 4.69) is 5.32 Å². The number of amides is 2. The lowest BCUT2D eigenvalue weighted by Gasteiger charge is -2.24. The van der Waals surface area contributed by atoms with Gasteiger partial charge in [-0.05, 0) is 12.8 Å². The first-order chi connectivity index (χ1) is 7.45. The summed E-state index contributed by atoms with van der Waals surface area (Å²) in [6.07, 6.45) is 2.42. The van der Waals surface area contributed by atoms with Gasteiger partial charge in [-0.15, -0.1) is 22.2 Å². The summed E-state index contributed by atoms with van der Waals surface area (Å²) in [5.41, 5.74) is -0.0609. The fourth-order valence-corrected chi connectivity index (χ4v) is 4.30. The van der Waals surface area contributed by atoms with Crippen LogP contribution in [0.3, 0.4) is 0 Å². The highest BCUT2D eigenvalue weighted by atomic mass is 35.7. The molecule has 0 aromatic rings. The van der Waals surface area contributed by atoms with Gasteiger partial charge in [0.15, 0.2) is 0 Å². The number of halogens is 2. The number of carbonyl (C=O) groups excluding carboxylic acids is 1. The fourth-order valence-electron chi connectivity index (χ4n) is 1.88. The molecule has 0 spiro atoms. The Morgan fingerprint density at radius 3 is 2.69 bits per heavy atom. The highest BCUT2D eigenvalue weighted by Gasteiger charge is 2.37. The molecule has 0 bridgehead atoms. The summed E-state index contributed by atoms with van der Waals surface area (Å²) in [6.45, 7) is 0.952. The van der Waals surface area contributed by atoms with Crippen molar-refractivity contribution in [3.05, 3.63) is 0 Å². The van der Waals surface area contributed by atoms with E-state index in [0.717, 1.165) is 19.4 Å². The van der Waals surface area contributed by atoms with E-state index in [0.29, 0.717) is 19.5 Å². The van der Waals surface area contributed by atoms with Gasteiger partial charge in [0.05, 0.1) is 0 Å². The van der Waals surface area contributed by atoms with Gasteiger partial charge in [-0.2, -0.15) is 0 Å². The van der Waals surface area contributed by atoms with Crippen molar-refractivity contribution in [1.82, 2.24) is 10.2 Å². The molecule has 1 aliphatic rings. The van der Waals surface area contributed by atoms with E-state index in [1.165, 1.54) is 0 Å². The third kappa shape index (κ3) is 4.12. The summed E-state index contributed by atoms with van der Waals surface area (Å²) in [5, 5.41) is 2.73. The summed E-state index contributed by atoms with van der Waals surface area (Å²) in [5.74, 6) is 0. The summed E-state index contributed by atoms with van der Waals surface area (Å²) in [6, 6.07) is -0.0374. The molecule has 2 amide bonds. The van der Waals surface area contributed by atoms with Crippen LogP contribution in [0, 0.1) is 0 Å². The molecule has 0 aromatic heterocycles. The van der Waals surface area contributed by atoms with E-state index in [1.54, 1.807) is 4.90 Å². The molecule has 1 saturated heterocycles. The first-order valence-corrected chi connectivity index (χ1v) is 9.63. The SMILES string of the molecule is CCCC(CCN1CCNC1=O)[Si](O)(Cl)Cl. The molecule has 4 nitrogen and oxygen atoms in total. The van der Waals surface area contributed by atoms with Crippen molar-refractivity contribution < 1.29 is 9.59 Å². The molecule has 1 rings (SSSR count). The molecule has 0 radical (unpaired) electrons. The van der Waals surface area contributed by atoms with Crippen molar-refractivity contribution in [3.8, 4) is 0 Å². The standard InChI is InChI=1S/C9H18Cl2N2O2Si/c1-2-3-8(16(10,11)15)4-6-13-7-5-12-9(13)14/h8,15H,2-7H2,1H3,(H,12,14). The molecule has 1 unspecified atom stereocenters. The predicted octanol–water partition coefficient (Wildman–Crippen LogP) is 1.98. The van der Waals surface area contributed by atoms with Gasteiger partial charge >= 0.3 is 13.0 Å². The lowest BCUT2D eigenvalue weighted by Crippen LogP contribution is -2.33. The zero-order valence-corrected chi connectivity index (χ0v) is 11.9. The molecule has 1 atom stereocenters. The molecule has 0 aromatic carbocycles. The molecule has 0 saturated carbocycles. The van der Waals surface area contributed by atoms with E-state index in [-0.39, 0.29) is 11.6 Å². The Hall–Kier alpha value is 0.0269. The van der Waals surface area contributed by atoms with Crippen molar-refractivity contribution >= 4 is 35.1 Å². The number of nitrogens with zero attached hydrogens (tertiary/aromatic N) is 1. The lowest BCUT2D eigenvalue weighted by molar-refractivity contribution is 0.216. The maximum atomic E-state index is 11.3. The second kappa shape index (κ2) is 6.09. The van der Waals surface area contributed by atoms with Gasteiger partial charge in [0.1, 0.15) is 0 Å². The Labute approximate surface area is 106 Å². The van der Waals surface area contributed by atoms with E-state index in [4.69, 9.17) is 22.2 Å². The minimum atomic E-state index is -3.12. The van der Waals surface area contributed by atoms with Crippen LogP contribution in [0.1, 0.15) is 26.2 Å². The average Bonchev–Trinajstić information content (AvgIpc) is 2.57. The second-order valence-corrected chi connectivity index (χ2v) is 10.1. The third-order valence-electron chi connectivity index (χ3n) is 2.82. The van der Waals surface area contributed by atoms with Crippen LogP contribution in [0.5, 0.6) is 0 Å². The first-order valence-electron chi connectivity index (χ1n) is 5.58. The second-order valence-electron chi connectivity index (χ2n) is 4.08. The summed E-state index contributed by atoms with van der Waals surface area (Å²) in [7, 11) is 0. The quantitative estimate of drug-likeness (QED) is 0.579. The molecular weight excluding hydrogens is 267 g/mol. The topological polar surface area (TPSA) is 52.6 Å². The van der Waals surface area contributed by atoms with Crippen LogP contribution in [0.4, 0.5) is 4.79 Å². The van der Waals surface area contributed by atoms with E-state index in [9.17, 15) is 9.59 Å². The van der Waals surface area contributed by atoms with Crippen LogP contribution >= 0.6 is 22.2 Å². The van der Waals surface area contributed by atoms with Crippen molar-refractivity contribution in [1.29, 1.82) is 0 Å². The van der Waals surface area contributed by atoms with Crippen molar-refractivity contribution in [2.45, 2.75) is 31.7 Å². The Morgan fingerprint density at radius 2 is 2.25 bits per heavy atom. The van der Waals surface area contributed by atoms with Gasteiger partial charge in [-0.3, -0.25) is 0 Å². The normalized spacial score (nSPS) is 18.8. The Bertz CT molecular complexity index is 248. The summed E-state index contributed by atoms with van der Waals surface area (Å²) in [4.78, 5) is 22.7. The van der Waals surface area contributed by atoms with Crippen LogP contribution in [-0.4, -0.2) is 42.3 Å². The van der Waals surface area contributed by atoms with E-state index >= 15 is 0 Å². The summed E-state index contributed by atoms with van der Waals surface area (Å²) >= 11 is 11.7. The number of hydrogen-bond donors (Lipinski definition) is 2. The molecule has 1 heterocycles. The lowest BCUT2D eigenvalue weighted by atomic mass is 10.2. The molecule has 16 heavy (non-hydrogen) atoms. The first kappa shape index (κ1) is 14.1. The zero-order valence-electron chi connectivity index (χ0n) is 9.38. The van der Waals surface area contributed by atoms with Crippen LogP contribution in [0.15, 0.2) is 0 Å². The highest BCUT2D eigenvalue weighted by molar-refractivity contribution is 7.42. The maximum absolute atomic E-state index is 11.3. The maximum Gasteiger partial charge on any atom is 0.390 e. The third-order valence-corrected chi connectivity index (χ3v) is 6.23. The van der Waals surface area contributed by atoms with E-state index < -0.39 is 6.94 Å². The molecule has 7 heteroatoms. The Balaban J connectivity index is 2.40. The van der Waals surface area contributed by atoms with Crippen LogP contribution in [0.2, 0.25) is 5.54 Å². The van der Waals surface area contributed by atoms with Crippen LogP contribution < -0.4 is 5.32 Å². The van der Waals surface area contributed by atoms with Crippen molar-refractivity contribution in [3.63, 3.8) is 0 Å². The smallest absolute Gasteiger partial charge is 0.390 e. The van der Waals surface area contributed by atoms with Crippen molar-refractivity contribution in [2.24, 2.45) is 0 Å². The molecule has 2 N–H and O–H groups in total. The molecule has 1 aliphatic heterocycles. The highest BCUT2D eigenvalue weighted by Crippen LogP contribution is 2.34. The number of carbonyl (C=O) groups is 1. The molecule has 1 fully saturated rings. The van der Waals surface area contributed by atoms with Gasteiger partial charge in [0.2, 0.25) is 0 Å². The van der Waals surface area contributed by atoms with Crippen LogP contribution in [0.25, 0.3) is 0 Å². The average molecular weight is 285 g/mol. The number of rotatable bonds is 6. The molecule has 0 aliphatic carbocycles. The number of nitrogens with one attached hydrogen (secondary N) is 1. The van der Waals surface area contributed by atoms with Gasteiger partial charge < -0.3 is 15.0 Å². The zero-order chi connectivity index (χ0) is 12.2. The number of urea groups is 1. The predicted molar refractivity (Wildman–Crippen MR) is 67.9 cm³/mol. The van der Waals surface area contributed by atoms with Gasteiger partial charge in [0, 0.05) is 25.2 Å². The van der Waals surface area contributed by atoms with Gasteiger partial charge in [0.25, 0.3) is 0 Å². The van der Waals surface area contributed by atoms with E-state index in [1.807, 2.05) is 6.92 Å². The minimum Gasteiger partial charge on any atom is -0.408 e. The Kier molecular flexibility index (Phi) is 5.37. The molecular formula is C9H18Cl2N2O2Si. The fraction of sp³-hybridized carbons (Fsp3) is 0.889. The minimum absolute atomic E-state index is 0.0374. The van der Waals surface area contributed by atoms with Crippen LogP contribution in [-0.2, 0) is 0 Å². The number of hydrogen-bond acceptors (Lipinski definition) is 2. The molecule has 94 valence electrons. The van der Waals surface area contributed by atoms with Gasteiger partial charge in [-0.25, -0.2) is 4.79 Å². The summed E-state index contributed by atoms with van der Waals surface area (Å²) < 4.78 is 0. The Morgan fingerprint density at radius 1 is 1.56 bits per heavy atom. The monoisotopic (exact) mass is 284 g/mol.